The van der Waals surface area contributed by atoms with Gasteiger partial charge in [0, 0.05) is 5.56 Å². The third-order valence-corrected chi connectivity index (χ3v) is 1.67. The standard InChI is InChI=1S/C10H10O5/c11-6-10(14)15-8-4-2-1-3-7(8)5-9(12)13/h1-4,11H,5-6H2,(H,12,13). The van der Waals surface area contributed by atoms with Crippen LogP contribution in [-0.4, -0.2) is 28.8 Å². The van der Waals surface area contributed by atoms with Gasteiger partial charge in [0.2, 0.25) is 0 Å². The summed E-state index contributed by atoms with van der Waals surface area (Å²) in [6, 6.07) is 6.29. The lowest BCUT2D eigenvalue weighted by atomic mass is 10.1. The van der Waals surface area contributed by atoms with Crippen molar-refractivity contribution in [3.63, 3.8) is 0 Å². The van der Waals surface area contributed by atoms with Crippen LogP contribution in [0.1, 0.15) is 5.56 Å². The molecule has 5 nitrogen and oxygen atoms in total. The number of carbonyl (C=O) groups excluding carboxylic acids is 1. The Labute approximate surface area is 85.9 Å². The van der Waals surface area contributed by atoms with E-state index in [9.17, 15) is 9.59 Å². The number of aliphatic hydroxyl groups is 1. The third kappa shape index (κ3) is 3.40. The number of para-hydroxylation sites is 1. The fraction of sp³-hybridized carbons (Fsp3) is 0.200. The van der Waals surface area contributed by atoms with Crippen LogP contribution in [0.4, 0.5) is 0 Å². The van der Waals surface area contributed by atoms with Crippen LogP contribution in [0.15, 0.2) is 24.3 Å². The molecule has 1 rings (SSSR count). The number of esters is 1. The molecule has 0 unspecified atom stereocenters. The third-order valence-electron chi connectivity index (χ3n) is 1.67. The number of hydrogen-bond donors (Lipinski definition) is 2. The zero-order valence-corrected chi connectivity index (χ0v) is 7.84. The molecule has 15 heavy (non-hydrogen) atoms. The molecule has 0 spiro atoms. The highest BCUT2D eigenvalue weighted by Crippen LogP contribution is 2.18. The summed E-state index contributed by atoms with van der Waals surface area (Å²) >= 11 is 0. The SMILES string of the molecule is O=C(O)Cc1ccccc1OC(=O)CO. The van der Waals surface area contributed by atoms with Crippen molar-refractivity contribution in [3.05, 3.63) is 29.8 Å². The molecule has 0 atom stereocenters. The van der Waals surface area contributed by atoms with Crippen molar-refractivity contribution in [3.8, 4) is 5.75 Å². The first-order chi connectivity index (χ1) is 7.13. The quantitative estimate of drug-likeness (QED) is 0.548. The summed E-state index contributed by atoms with van der Waals surface area (Å²) in [7, 11) is 0. The van der Waals surface area contributed by atoms with Crippen molar-refractivity contribution in [2.75, 3.05) is 6.61 Å². The summed E-state index contributed by atoms with van der Waals surface area (Å²) < 4.78 is 4.74. The lowest BCUT2D eigenvalue weighted by molar-refractivity contribution is -0.138. The van der Waals surface area contributed by atoms with E-state index < -0.39 is 18.5 Å². The Balaban J connectivity index is 2.85. The van der Waals surface area contributed by atoms with Crippen LogP contribution in [0.3, 0.4) is 0 Å². The van der Waals surface area contributed by atoms with E-state index >= 15 is 0 Å². The summed E-state index contributed by atoms with van der Waals surface area (Å²) in [5, 5.41) is 17.1. The highest BCUT2D eigenvalue weighted by atomic mass is 16.5. The minimum Gasteiger partial charge on any atom is -0.481 e. The van der Waals surface area contributed by atoms with E-state index in [1.165, 1.54) is 6.07 Å². The number of aliphatic carboxylic acids is 1. The zero-order chi connectivity index (χ0) is 11.3. The molecule has 0 saturated heterocycles. The number of ether oxygens (including phenoxy) is 1. The van der Waals surface area contributed by atoms with Crippen LogP contribution in [0.25, 0.3) is 0 Å². The summed E-state index contributed by atoms with van der Waals surface area (Å²) in [5.74, 6) is -1.66. The largest absolute Gasteiger partial charge is 0.481 e. The van der Waals surface area contributed by atoms with Gasteiger partial charge in [0.1, 0.15) is 12.4 Å². The average molecular weight is 210 g/mol. The van der Waals surface area contributed by atoms with Crippen molar-refractivity contribution in [1.29, 1.82) is 0 Å². The van der Waals surface area contributed by atoms with Gasteiger partial charge in [-0.3, -0.25) is 4.79 Å². The van der Waals surface area contributed by atoms with Gasteiger partial charge in [-0.2, -0.15) is 0 Å². The van der Waals surface area contributed by atoms with E-state index in [-0.39, 0.29) is 12.2 Å². The van der Waals surface area contributed by atoms with Crippen LogP contribution in [-0.2, 0) is 16.0 Å². The molecule has 5 heteroatoms. The highest BCUT2D eigenvalue weighted by molar-refractivity contribution is 5.75. The van der Waals surface area contributed by atoms with Gasteiger partial charge in [-0.05, 0) is 6.07 Å². The first-order valence-electron chi connectivity index (χ1n) is 4.24. The van der Waals surface area contributed by atoms with Crippen LogP contribution in [0.5, 0.6) is 5.75 Å². The van der Waals surface area contributed by atoms with E-state index in [1.54, 1.807) is 18.2 Å². The fourth-order valence-corrected chi connectivity index (χ4v) is 1.07. The Kier molecular flexibility index (Phi) is 3.82. The van der Waals surface area contributed by atoms with Gasteiger partial charge >= 0.3 is 11.9 Å². The number of carboxylic acids is 1. The van der Waals surface area contributed by atoms with Crippen LogP contribution >= 0.6 is 0 Å². The molecule has 80 valence electrons. The second-order valence-electron chi connectivity index (χ2n) is 2.81. The van der Waals surface area contributed by atoms with Gasteiger partial charge < -0.3 is 14.9 Å². The molecule has 1 aromatic carbocycles. The second-order valence-corrected chi connectivity index (χ2v) is 2.81. The lowest BCUT2D eigenvalue weighted by Crippen LogP contribution is -2.14. The number of benzene rings is 1. The maximum absolute atomic E-state index is 10.8. The van der Waals surface area contributed by atoms with E-state index in [2.05, 4.69) is 0 Å². The number of carboxylic acid groups (broad SMARTS) is 1. The molecular formula is C10H10O5. The summed E-state index contributed by atoms with van der Waals surface area (Å²) in [6.07, 6.45) is -0.227. The maximum atomic E-state index is 10.8. The van der Waals surface area contributed by atoms with Crippen molar-refractivity contribution in [2.24, 2.45) is 0 Å². The molecule has 2 N–H and O–H groups in total. The smallest absolute Gasteiger partial charge is 0.337 e. The summed E-state index contributed by atoms with van der Waals surface area (Å²) in [6.45, 7) is -0.735. The molecular weight excluding hydrogens is 200 g/mol. The minimum absolute atomic E-state index is 0.166. The summed E-state index contributed by atoms with van der Waals surface area (Å²) in [5.41, 5.74) is 0.395. The van der Waals surface area contributed by atoms with E-state index in [4.69, 9.17) is 14.9 Å². The molecule has 0 radical (unpaired) electrons. The van der Waals surface area contributed by atoms with Crippen LogP contribution in [0, 0.1) is 0 Å². The number of rotatable bonds is 4. The van der Waals surface area contributed by atoms with E-state index in [0.717, 1.165) is 0 Å². The van der Waals surface area contributed by atoms with Crippen molar-refractivity contribution in [1.82, 2.24) is 0 Å². The Morgan fingerprint density at radius 1 is 1.27 bits per heavy atom. The van der Waals surface area contributed by atoms with Gasteiger partial charge in [-0.15, -0.1) is 0 Å². The molecule has 0 saturated carbocycles. The fourth-order valence-electron chi connectivity index (χ4n) is 1.07. The van der Waals surface area contributed by atoms with E-state index in [0.29, 0.717) is 5.56 Å². The highest BCUT2D eigenvalue weighted by Gasteiger charge is 2.10. The Bertz CT molecular complexity index is 372. The van der Waals surface area contributed by atoms with Crippen molar-refractivity contribution < 1.29 is 24.5 Å². The maximum Gasteiger partial charge on any atom is 0.337 e. The topological polar surface area (TPSA) is 83.8 Å². The Morgan fingerprint density at radius 2 is 1.93 bits per heavy atom. The Hall–Kier alpha value is -1.88. The number of carbonyl (C=O) groups is 2. The van der Waals surface area contributed by atoms with E-state index in [1.807, 2.05) is 0 Å². The van der Waals surface area contributed by atoms with Gasteiger partial charge in [-0.25, -0.2) is 4.79 Å². The molecule has 0 heterocycles. The van der Waals surface area contributed by atoms with Gasteiger partial charge in [0.25, 0.3) is 0 Å². The molecule has 0 aromatic heterocycles. The first kappa shape index (κ1) is 11.2. The molecule has 0 aliphatic carbocycles. The van der Waals surface area contributed by atoms with Crippen molar-refractivity contribution in [2.45, 2.75) is 6.42 Å². The zero-order valence-electron chi connectivity index (χ0n) is 7.84. The molecule has 1 aromatic rings. The lowest BCUT2D eigenvalue weighted by Gasteiger charge is -2.06. The molecule has 0 aliphatic rings. The second kappa shape index (κ2) is 5.11. The average Bonchev–Trinajstić information content (AvgIpc) is 2.20. The molecule has 0 amide bonds. The minimum atomic E-state index is -1.01. The molecule has 0 aliphatic heterocycles. The predicted molar refractivity (Wildman–Crippen MR) is 50.5 cm³/mol. The number of hydrogen-bond acceptors (Lipinski definition) is 4. The molecule has 0 bridgehead atoms. The van der Waals surface area contributed by atoms with Crippen molar-refractivity contribution >= 4 is 11.9 Å². The summed E-state index contributed by atoms with van der Waals surface area (Å²) in [4.78, 5) is 21.3. The monoisotopic (exact) mass is 210 g/mol. The van der Waals surface area contributed by atoms with Gasteiger partial charge in [-0.1, -0.05) is 18.2 Å². The first-order valence-corrected chi connectivity index (χ1v) is 4.24. The van der Waals surface area contributed by atoms with Crippen LogP contribution in [0.2, 0.25) is 0 Å². The predicted octanol–water partition coefficient (Wildman–Crippen LogP) is 0.211. The molecule has 0 fully saturated rings. The Morgan fingerprint density at radius 3 is 2.53 bits per heavy atom. The number of aliphatic hydroxyl groups excluding tert-OH is 1. The van der Waals surface area contributed by atoms with Crippen LogP contribution < -0.4 is 4.74 Å². The van der Waals surface area contributed by atoms with Gasteiger partial charge in [0.05, 0.1) is 6.42 Å². The normalized spacial score (nSPS) is 9.67. The van der Waals surface area contributed by atoms with Gasteiger partial charge in [0.15, 0.2) is 0 Å².